The van der Waals surface area contributed by atoms with Gasteiger partial charge in [0.05, 0.1) is 11.5 Å². The lowest BCUT2D eigenvalue weighted by atomic mass is 10.2. The minimum Gasteiger partial charge on any atom is -0.383 e. The summed E-state index contributed by atoms with van der Waals surface area (Å²) >= 11 is 1.44. The maximum atomic E-state index is 12.4. The van der Waals surface area contributed by atoms with E-state index >= 15 is 0 Å². The van der Waals surface area contributed by atoms with Crippen molar-refractivity contribution in [2.45, 2.75) is 37.2 Å². The van der Waals surface area contributed by atoms with Gasteiger partial charge in [-0.25, -0.2) is 13.1 Å². The van der Waals surface area contributed by atoms with E-state index in [0.29, 0.717) is 18.0 Å². The summed E-state index contributed by atoms with van der Waals surface area (Å²) in [5.74, 6) is 0. The van der Waals surface area contributed by atoms with Crippen molar-refractivity contribution in [1.82, 2.24) is 10.0 Å². The SMILES string of the molecule is CCCC(COC)NS(=O)(=O)c1ccsc1CNC. The second kappa shape index (κ2) is 7.96. The summed E-state index contributed by atoms with van der Waals surface area (Å²) in [6.45, 7) is 2.96. The first-order valence-electron chi connectivity index (χ1n) is 6.27. The Labute approximate surface area is 119 Å². The third-order valence-electron chi connectivity index (χ3n) is 2.66. The molecular weight excluding hydrogens is 284 g/mol. The molecular formula is C12H22N2O3S2. The molecule has 0 saturated carbocycles. The lowest BCUT2D eigenvalue weighted by Crippen LogP contribution is -2.38. The summed E-state index contributed by atoms with van der Waals surface area (Å²) in [7, 11) is -0.0957. The molecule has 19 heavy (non-hydrogen) atoms. The molecule has 1 aromatic rings. The van der Waals surface area contributed by atoms with Crippen LogP contribution in [0, 0.1) is 0 Å². The Morgan fingerprint density at radius 3 is 2.79 bits per heavy atom. The molecule has 1 aromatic heterocycles. The predicted molar refractivity (Wildman–Crippen MR) is 78.0 cm³/mol. The van der Waals surface area contributed by atoms with E-state index in [0.717, 1.165) is 17.7 Å². The van der Waals surface area contributed by atoms with Gasteiger partial charge < -0.3 is 10.1 Å². The number of hydrogen-bond donors (Lipinski definition) is 2. The normalized spacial score (nSPS) is 13.6. The van der Waals surface area contributed by atoms with E-state index in [1.165, 1.54) is 11.3 Å². The van der Waals surface area contributed by atoms with Gasteiger partial charge in [0.1, 0.15) is 0 Å². The van der Waals surface area contributed by atoms with Crippen LogP contribution >= 0.6 is 11.3 Å². The largest absolute Gasteiger partial charge is 0.383 e. The summed E-state index contributed by atoms with van der Waals surface area (Å²) in [4.78, 5) is 1.19. The van der Waals surface area contributed by atoms with Crippen molar-refractivity contribution in [3.8, 4) is 0 Å². The molecule has 7 heteroatoms. The second-order valence-corrected chi connectivity index (χ2v) is 6.98. The molecule has 0 fully saturated rings. The summed E-state index contributed by atoms with van der Waals surface area (Å²) in [5.41, 5.74) is 0. The van der Waals surface area contributed by atoms with E-state index in [1.807, 2.05) is 6.92 Å². The van der Waals surface area contributed by atoms with Crippen LogP contribution in [-0.2, 0) is 21.3 Å². The molecule has 0 radical (unpaired) electrons. The van der Waals surface area contributed by atoms with Crippen LogP contribution in [0.4, 0.5) is 0 Å². The van der Waals surface area contributed by atoms with Gasteiger partial charge in [-0.3, -0.25) is 0 Å². The van der Waals surface area contributed by atoms with Gasteiger partial charge in [0, 0.05) is 24.6 Å². The standard InChI is InChI=1S/C12H22N2O3S2/c1-4-5-10(9-17-3)14-19(15,16)12-6-7-18-11(12)8-13-2/h6-7,10,13-14H,4-5,8-9H2,1-3H3. The number of methoxy groups -OCH3 is 1. The van der Waals surface area contributed by atoms with E-state index in [9.17, 15) is 8.42 Å². The quantitative estimate of drug-likeness (QED) is 0.726. The molecule has 2 N–H and O–H groups in total. The number of thiophene rings is 1. The zero-order valence-corrected chi connectivity index (χ0v) is 13.2. The Balaban J connectivity index is 2.86. The van der Waals surface area contributed by atoms with Gasteiger partial charge in [-0.15, -0.1) is 11.3 Å². The zero-order valence-electron chi connectivity index (χ0n) is 11.6. The van der Waals surface area contributed by atoms with Gasteiger partial charge in [-0.2, -0.15) is 0 Å². The lowest BCUT2D eigenvalue weighted by Gasteiger charge is -2.17. The smallest absolute Gasteiger partial charge is 0.242 e. The van der Waals surface area contributed by atoms with Crippen molar-refractivity contribution < 1.29 is 13.2 Å². The van der Waals surface area contributed by atoms with Crippen molar-refractivity contribution in [3.05, 3.63) is 16.3 Å². The highest BCUT2D eigenvalue weighted by molar-refractivity contribution is 7.89. The fourth-order valence-electron chi connectivity index (χ4n) is 1.87. The van der Waals surface area contributed by atoms with Crippen molar-refractivity contribution >= 4 is 21.4 Å². The van der Waals surface area contributed by atoms with Crippen LogP contribution in [0.5, 0.6) is 0 Å². The average molecular weight is 306 g/mol. The second-order valence-electron chi connectivity index (χ2n) is 4.30. The lowest BCUT2D eigenvalue weighted by molar-refractivity contribution is 0.171. The van der Waals surface area contributed by atoms with Crippen molar-refractivity contribution in [1.29, 1.82) is 0 Å². The highest BCUT2D eigenvalue weighted by atomic mass is 32.2. The average Bonchev–Trinajstić information content (AvgIpc) is 2.79. The van der Waals surface area contributed by atoms with Crippen molar-refractivity contribution in [2.75, 3.05) is 20.8 Å². The molecule has 0 spiro atoms. The van der Waals surface area contributed by atoms with Gasteiger partial charge in [0.15, 0.2) is 0 Å². The van der Waals surface area contributed by atoms with E-state index in [-0.39, 0.29) is 6.04 Å². The molecule has 0 aliphatic heterocycles. The molecule has 0 aliphatic rings. The van der Waals surface area contributed by atoms with E-state index in [1.54, 1.807) is 25.6 Å². The van der Waals surface area contributed by atoms with E-state index in [4.69, 9.17) is 4.74 Å². The van der Waals surface area contributed by atoms with Gasteiger partial charge >= 0.3 is 0 Å². The Bertz CT molecular complexity index is 465. The summed E-state index contributed by atoms with van der Waals surface area (Å²) in [5, 5.41) is 4.78. The molecule has 0 amide bonds. The first kappa shape index (κ1) is 16.6. The Hall–Kier alpha value is -0.470. The van der Waals surface area contributed by atoms with E-state index < -0.39 is 10.0 Å². The first-order chi connectivity index (χ1) is 9.05. The molecule has 1 heterocycles. The molecule has 1 rings (SSSR count). The predicted octanol–water partition coefficient (Wildman–Crippen LogP) is 1.56. The maximum Gasteiger partial charge on any atom is 0.242 e. The number of nitrogens with one attached hydrogen (secondary N) is 2. The van der Waals surface area contributed by atoms with Crippen LogP contribution in [0.3, 0.4) is 0 Å². The summed E-state index contributed by atoms with van der Waals surface area (Å²) < 4.78 is 32.5. The maximum absolute atomic E-state index is 12.4. The monoisotopic (exact) mass is 306 g/mol. The summed E-state index contributed by atoms with van der Waals surface area (Å²) in [6.07, 6.45) is 1.67. The van der Waals surface area contributed by atoms with E-state index in [2.05, 4.69) is 10.0 Å². The fraction of sp³-hybridized carbons (Fsp3) is 0.667. The van der Waals surface area contributed by atoms with Crippen molar-refractivity contribution in [3.63, 3.8) is 0 Å². The number of sulfonamides is 1. The van der Waals surface area contributed by atoms with Gasteiger partial charge in [-0.05, 0) is 24.9 Å². The third kappa shape index (κ3) is 4.85. The fourth-order valence-corrected chi connectivity index (χ4v) is 4.58. The summed E-state index contributed by atoms with van der Waals surface area (Å²) in [6, 6.07) is 1.47. The van der Waals surface area contributed by atoms with Gasteiger partial charge in [-0.1, -0.05) is 13.3 Å². The third-order valence-corrected chi connectivity index (χ3v) is 5.31. The first-order valence-corrected chi connectivity index (χ1v) is 8.63. The molecule has 5 nitrogen and oxygen atoms in total. The Kier molecular flexibility index (Phi) is 6.95. The topological polar surface area (TPSA) is 67.4 Å². The Morgan fingerprint density at radius 1 is 1.47 bits per heavy atom. The minimum absolute atomic E-state index is 0.178. The molecule has 0 bridgehead atoms. The van der Waals surface area contributed by atoms with Crippen LogP contribution in [-0.4, -0.2) is 35.2 Å². The highest BCUT2D eigenvalue weighted by Crippen LogP contribution is 2.22. The minimum atomic E-state index is -3.47. The van der Waals surface area contributed by atoms with Crippen LogP contribution in [0.1, 0.15) is 24.6 Å². The molecule has 0 aliphatic carbocycles. The number of hydrogen-bond acceptors (Lipinski definition) is 5. The Morgan fingerprint density at radius 2 is 2.21 bits per heavy atom. The molecule has 1 unspecified atom stereocenters. The number of rotatable bonds is 9. The van der Waals surface area contributed by atoms with Gasteiger partial charge in [0.2, 0.25) is 10.0 Å². The zero-order chi connectivity index (χ0) is 14.3. The molecule has 1 atom stereocenters. The molecule has 0 aromatic carbocycles. The highest BCUT2D eigenvalue weighted by Gasteiger charge is 2.23. The van der Waals surface area contributed by atoms with Crippen LogP contribution in [0.15, 0.2) is 16.3 Å². The van der Waals surface area contributed by atoms with Crippen molar-refractivity contribution in [2.24, 2.45) is 0 Å². The molecule has 110 valence electrons. The number of ether oxygens (including phenoxy) is 1. The van der Waals surface area contributed by atoms with Crippen LogP contribution in [0.25, 0.3) is 0 Å². The van der Waals surface area contributed by atoms with Gasteiger partial charge in [0.25, 0.3) is 0 Å². The van der Waals surface area contributed by atoms with Crippen LogP contribution < -0.4 is 10.0 Å². The van der Waals surface area contributed by atoms with Crippen LogP contribution in [0.2, 0.25) is 0 Å². The molecule has 0 saturated heterocycles.